The zero-order chi connectivity index (χ0) is 16.8. The minimum absolute atomic E-state index is 0.298. The van der Waals surface area contributed by atoms with Crippen molar-refractivity contribution in [2.24, 2.45) is 0 Å². The Bertz CT molecular complexity index is 1010. The summed E-state index contributed by atoms with van der Waals surface area (Å²) in [6.07, 6.45) is 0. The van der Waals surface area contributed by atoms with E-state index in [1.807, 2.05) is 43.3 Å². The van der Waals surface area contributed by atoms with E-state index < -0.39 is 0 Å². The number of aryl methyl sites for hydroxylation is 1. The number of hydrogen-bond acceptors (Lipinski definition) is 4. The number of hydrogen-bond donors (Lipinski definition) is 0. The lowest BCUT2D eigenvalue weighted by molar-refractivity contribution is 0.289. The topological polar surface area (TPSA) is 42.7 Å². The molecule has 24 heavy (non-hydrogen) atoms. The SMILES string of the molecule is Cc1c(C)c2ccc3c(c2oc1=O)CN(c1cccc(Cl)c1)CO3. The molecule has 0 saturated carbocycles. The van der Waals surface area contributed by atoms with Crippen molar-refractivity contribution >= 4 is 28.3 Å². The molecule has 122 valence electrons. The van der Waals surface area contributed by atoms with Gasteiger partial charge >= 0.3 is 5.63 Å². The van der Waals surface area contributed by atoms with Crippen LogP contribution in [0, 0.1) is 13.8 Å². The Balaban J connectivity index is 1.86. The van der Waals surface area contributed by atoms with Crippen molar-refractivity contribution in [3.05, 3.63) is 68.5 Å². The molecule has 1 aliphatic rings. The molecule has 0 amide bonds. The molecule has 0 saturated heterocycles. The minimum atomic E-state index is -0.298. The summed E-state index contributed by atoms with van der Waals surface area (Å²) >= 11 is 6.09. The van der Waals surface area contributed by atoms with Gasteiger partial charge in [0.15, 0.2) is 6.73 Å². The third-order valence-corrected chi connectivity index (χ3v) is 4.82. The number of ether oxygens (including phenoxy) is 1. The monoisotopic (exact) mass is 341 g/mol. The third kappa shape index (κ3) is 2.34. The predicted molar refractivity (Wildman–Crippen MR) is 95.1 cm³/mol. The fourth-order valence-corrected chi connectivity index (χ4v) is 3.24. The molecule has 5 heteroatoms. The molecule has 2 aromatic carbocycles. The summed E-state index contributed by atoms with van der Waals surface area (Å²) in [5.74, 6) is 0.757. The van der Waals surface area contributed by atoms with Gasteiger partial charge in [-0.1, -0.05) is 17.7 Å². The summed E-state index contributed by atoms with van der Waals surface area (Å²) in [4.78, 5) is 14.2. The molecule has 0 bridgehead atoms. The Kier molecular flexibility index (Phi) is 3.50. The minimum Gasteiger partial charge on any atom is -0.473 e. The first-order valence-electron chi connectivity index (χ1n) is 7.74. The Morgan fingerprint density at radius 2 is 1.96 bits per heavy atom. The molecule has 0 N–H and O–H groups in total. The van der Waals surface area contributed by atoms with Gasteiger partial charge in [-0.05, 0) is 49.7 Å². The Labute approximate surface area is 144 Å². The highest BCUT2D eigenvalue weighted by Crippen LogP contribution is 2.35. The van der Waals surface area contributed by atoms with Crippen LogP contribution < -0.4 is 15.3 Å². The highest BCUT2D eigenvalue weighted by molar-refractivity contribution is 6.30. The van der Waals surface area contributed by atoms with Crippen molar-refractivity contribution in [3.63, 3.8) is 0 Å². The molecule has 4 nitrogen and oxygen atoms in total. The molecule has 0 aliphatic carbocycles. The van der Waals surface area contributed by atoms with E-state index in [2.05, 4.69) is 4.90 Å². The number of halogens is 1. The first kappa shape index (κ1) is 15.1. The predicted octanol–water partition coefficient (Wildman–Crippen LogP) is 4.42. The van der Waals surface area contributed by atoms with Crippen molar-refractivity contribution in [3.8, 4) is 5.75 Å². The smallest absolute Gasteiger partial charge is 0.339 e. The number of benzene rings is 2. The first-order valence-corrected chi connectivity index (χ1v) is 8.11. The van der Waals surface area contributed by atoms with Crippen molar-refractivity contribution in [1.82, 2.24) is 0 Å². The summed E-state index contributed by atoms with van der Waals surface area (Å²) in [7, 11) is 0. The second kappa shape index (κ2) is 5.56. The lowest BCUT2D eigenvalue weighted by Crippen LogP contribution is -2.32. The Morgan fingerprint density at radius 1 is 1.12 bits per heavy atom. The molecular weight excluding hydrogens is 326 g/mol. The summed E-state index contributed by atoms with van der Waals surface area (Å²) in [6.45, 7) is 4.75. The van der Waals surface area contributed by atoms with Crippen LogP contribution in [0.4, 0.5) is 5.69 Å². The molecule has 0 unspecified atom stereocenters. The van der Waals surface area contributed by atoms with Gasteiger partial charge in [-0.15, -0.1) is 0 Å². The van der Waals surface area contributed by atoms with Crippen LogP contribution >= 0.6 is 11.6 Å². The average molecular weight is 342 g/mol. The van der Waals surface area contributed by atoms with Crippen LogP contribution in [0.2, 0.25) is 5.02 Å². The van der Waals surface area contributed by atoms with E-state index in [0.29, 0.717) is 29.4 Å². The molecule has 0 spiro atoms. The van der Waals surface area contributed by atoms with E-state index in [1.165, 1.54) is 0 Å². The highest BCUT2D eigenvalue weighted by Gasteiger charge is 2.23. The summed E-state index contributed by atoms with van der Waals surface area (Å²) in [5, 5.41) is 1.62. The number of nitrogens with zero attached hydrogens (tertiary/aromatic N) is 1. The van der Waals surface area contributed by atoms with Gasteiger partial charge in [0.1, 0.15) is 11.3 Å². The lowest BCUT2D eigenvalue weighted by atomic mass is 10.0. The highest BCUT2D eigenvalue weighted by atomic mass is 35.5. The second-order valence-corrected chi connectivity index (χ2v) is 6.45. The fourth-order valence-electron chi connectivity index (χ4n) is 3.05. The average Bonchev–Trinajstić information content (AvgIpc) is 2.59. The van der Waals surface area contributed by atoms with Crippen molar-refractivity contribution in [2.75, 3.05) is 11.6 Å². The standard InChI is InChI=1S/C19H16ClNO3/c1-11-12(2)19(22)24-18-15(11)6-7-17-16(18)9-21(10-23-17)14-5-3-4-13(20)8-14/h3-8H,9-10H2,1-2H3. The molecule has 4 rings (SSSR count). The molecule has 0 fully saturated rings. The molecule has 0 atom stereocenters. The quantitative estimate of drug-likeness (QED) is 0.614. The van der Waals surface area contributed by atoms with Gasteiger partial charge in [-0.25, -0.2) is 4.79 Å². The number of anilines is 1. The Hall–Kier alpha value is -2.46. The van der Waals surface area contributed by atoms with Crippen LogP contribution in [0.25, 0.3) is 11.0 Å². The van der Waals surface area contributed by atoms with E-state index in [-0.39, 0.29) is 5.63 Å². The van der Waals surface area contributed by atoms with Gasteiger partial charge in [-0.2, -0.15) is 0 Å². The van der Waals surface area contributed by atoms with E-state index >= 15 is 0 Å². The Morgan fingerprint density at radius 3 is 2.75 bits per heavy atom. The van der Waals surface area contributed by atoms with E-state index in [0.717, 1.165) is 28.0 Å². The molecule has 0 radical (unpaired) electrons. The molecule has 3 aromatic rings. The van der Waals surface area contributed by atoms with Crippen molar-refractivity contribution < 1.29 is 9.15 Å². The van der Waals surface area contributed by atoms with E-state index in [4.69, 9.17) is 20.8 Å². The summed E-state index contributed by atoms with van der Waals surface area (Å²) < 4.78 is 11.5. The first-order chi connectivity index (χ1) is 11.5. The van der Waals surface area contributed by atoms with Gasteiger partial charge in [-0.3, -0.25) is 0 Å². The van der Waals surface area contributed by atoms with Gasteiger partial charge in [0.25, 0.3) is 0 Å². The molecule has 1 aliphatic heterocycles. The third-order valence-electron chi connectivity index (χ3n) is 4.58. The molecule has 1 aromatic heterocycles. The number of rotatable bonds is 1. The summed E-state index contributed by atoms with van der Waals surface area (Å²) in [6, 6.07) is 11.5. The van der Waals surface area contributed by atoms with Gasteiger partial charge < -0.3 is 14.1 Å². The fraction of sp³-hybridized carbons (Fsp3) is 0.211. The van der Waals surface area contributed by atoms with Crippen LogP contribution in [-0.4, -0.2) is 6.73 Å². The van der Waals surface area contributed by atoms with E-state index in [9.17, 15) is 4.79 Å². The zero-order valence-corrected chi connectivity index (χ0v) is 14.2. The van der Waals surface area contributed by atoms with Crippen molar-refractivity contribution in [2.45, 2.75) is 20.4 Å². The van der Waals surface area contributed by atoms with E-state index in [1.54, 1.807) is 6.92 Å². The summed E-state index contributed by atoms with van der Waals surface area (Å²) in [5.41, 5.74) is 3.76. The van der Waals surface area contributed by atoms with Gasteiger partial charge in [0, 0.05) is 21.7 Å². The van der Waals surface area contributed by atoms with Crippen LogP contribution in [0.5, 0.6) is 5.75 Å². The maximum absolute atomic E-state index is 12.1. The van der Waals surface area contributed by atoms with Crippen LogP contribution in [0.1, 0.15) is 16.7 Å². The lowest BCUT2D eigenvalue weighted by Gasteiger charge is -2.31. The number of fused-ring (bicyclic) bond motifs is 3. The van der Waals surface area contributed by atoms with Crippen LogP contribution in [0.3, 0.4) is 0 Å². The second-order valence-electron chi connectivity index (χ2n) is 6.01. The van der Waals surface area contributed by atoms with Crippen LogP contribution in [-0.2, 0) is 6.54 Å². The molecular formula is C19H16ClNO3. The van der Waals surface area contributed by atoms with Crippen LogP contribution in [0.15, 0.2) is 45.6 Å². The van der Waals surface area contributed by atoms with Gasteiger partial charge in [0.2, 0.25) is 0 Å². The molecule has 2 heterocycles. The maximum atomic E-state index is 12.1. The largest absolute Gasteiger partial charge is 0.473 e. The van der Waals surface area contributed by atoms with Crippen molar-refractivity contribution in [1.29, 1.82) is 0 Å². The van der Waals surface area contributed by atoms with Gasteiger partial charge in [0.05, 0.1) is 12.1 Å². The normalized spacial score (nSPS) is 13.7. The zero-order valence-electron chi connectivity index (χ0n) is 13.4. The maximum Gasteiger partial charge on any atom is 0.339 e.